The fourth-order valence-electron chi connectivity index (χ4n) is 5.49. The maximum atomic E-state index is 5.19. The minimum absolute atomic E-state index is 0.964. The molecule has 0 fully saturated rings. The lowest BCUT2D eigenvalue weighted by Crippen LogP contribution is -1.93. The largest absolute Gasteiger partial charge is 0.247 e. The van der Waals surface area contributed by atoms with Gasteiger partial charge in [0.25, 0.3) is 0 Å². The topological polar surface area (TPSA) is 12.9 Å². The number of hydrogen-bond acceptors (Lipinski definition) is 1. The molecule has 0 saturated heterocycles. The van der Waals surface area contributed by atoms with Gasteiger partial charge in [-0.25, -0.2) is 4.98 Å². The van der Waals surface area contributed by atoms with Crippen molar-refractivity contribution in [2.24, 2.45) is 0 Å². The number of pyridine rings is 1. The van der Waals surface area contributed by atoms with Gasteiger partial charge in [-0.2, -0.15) is 0 Å². The van der Waals surface area contributed by atoms with E-state index in [1.54, 1.807) is 0 Å². The quantitative estimate of drug-likeness (QED) is 0.247. The summed E-state index contributed by atoms with van der Waals surface area (Å²) in [5.74, 6) is 0. The van der Waals surface area contributed by atoms with E-state index in [1.807, 2.05) is 0 Å². The number of fused-ring (bicyclic) bond motifs is 11. The van der Waals surface area contributed by atoms with Gasteiger partial charge >= 0.3 is 0 Å². The fraction of sp³-hybridized carbons (Fsp3) is 0.0690. The Morgan fingerprint density at radius 3 is 1.90 bits per heavy atom. The summed E-state index contributed by atoms with van der Waals surface area (Å²) in [6.07, 6.45) is 0.964. The van der Waals surface area contributed by atoms with Crippen molar-refractivity contribution in [3.8, 4) is 11.3 Å². The Hall–Kier alpha value is -3.71. The van der Waals surface area contributed by atoms with E-state index in [9.17, 15) is 0 Å². The Bertz CT molecular complexity index is 1640. The molecule has 30 heavy (non-hydrogen) atoms. The van der Waals surface area contributed by atoms with Crippen LogP contribution in [0.15, 0.2) is 84.9 Å². The van der Waals surface area contributed by atoms with Crippen LogP contribution in [-0.4, -0.2) is 4.98 Å². The molecule has 6 aromatic rings. The first kappa shape index (κ1) is 16.1. The highest BCUT2D eigenvalue weighted by Crippen LogP contribution is 2.47. The lowest BCUT2D eigenvalue weighted by molar-refractivity contribution is 1.21. The highest BCUT2D eigenvalue weighted by atomic mass is 14.7. The summed E-state index contributed by atoms with van der Waals surface area (Å²) >= 11 is 0. The van der Waals surface area contributed by atoms with Gasteiger partial charge in [-0.1, -0.05) is 78.9 Å². The fourth-order valence-corrected chi connectivity index (χ4v) is 5.49. The van der Waals surface area contributed by atoms with Crippen molar-refractivity contribution in [3.63, 3.8) is 0 Å². The summed E-state index contributed by atoms with van der Waals surface area (Å²) < 4.78 is 0. The molecule has 5 aromatic carbocycles. The third-order valence-electron chi connectivity index (χ3n) is 6.88. The lowest BCUT2D eigenvalue weighted by Gasteiger charge is -2.14. The zero-order valence-electron chi connectivity index (χ0n) is 16.7. The second-order valence-corrected chi connectivity index (χ2v) is 8.37. The molecule has 0 amide bonds. The van der Waals surface area contributed by atoms with Gasteiger partial charge in [0, 0.05) is 17.4 Å². The maximum Gasteiger partial charge on any atom is 0.0757 e. The monoisotopic (exact) mass is 381 g/mol. The van der Waals surface area contributed by atoms with E-state index in [0.29, 0.717) is 0 Å². The van der Waals surface area contributed by atoms with Crippen molar-refractivity contribution in [2.75, 3.05) is 0 Å². The highest BCUT2D eigenvalue weighted by molar-refractivity contribution is 6.29. The Kier molecular flexibility index (Phi) is 3.05. The van der Waals surface area contributed by atoms with Crippen LogP contribution in [0.1, 0.15) is 16.7 Å². The van der Waals surface area contributed by atoms with Crippen LogP contribution in [0.3, 0.4) is 0 Å². The van der Waals surface area contributed by atoms with E-state index in [1.165, 1.54) is 65.7 Å². The molecule has 140 valence electrons. The average molecular weight is 381 g/mol. The number of rotatable bonds is 0. The number of benzene rings is 5. The van der Waals surface area contributed by atoms with E-state index < -0.39 is 0 Å². The molecule has 1 heteroatoms. The molecule has 7 rings (SSSR count). The van der Waals surface area contributed by atoms with Gasteiger partial charge in [0.2, 0.25) is 0 Å². The van der Waals surface area contributed by atoms with Gasteiger partial charge in [-0.15, -0.1) is 0 Å². The lowest BCUT2D eigenvalue weighted by atomic mass is 9.90. The summed E-state index contributed by atoms with van der Waals surface area (Å²) in [7, 11) is 0. The molecule has 0 radical (unpaired) electrons. The molecule has 0 aliphatic heterocycles. The van der Waals surface area contributed by atoms with Gasteiger partial charge in [0.15, 0.2) is 0 Å². The minimum atomic E-state index is 0.964. The van der Waals surface area contributed by atoms with Crippen LogP contribution in [-0.2, 0) is 6.42 Å². The minimum Gasteiger partial charge on any atom is -0.247 e. The molecule has 1 aliphatic carbocycles. The Morgan fingerprint density at radius 1 is 0.600 bits per heavy atom. The van der Waals surface area contributed by atoms with E-state index in [4.69, 9.17) is 4.98 Å². The van der Waals surface area contributed by atoms with E-state index in [-0.39, 0.29) is 0 Å². The predicted molar refractivity (Wildman–Crippen MR) is 127 cm³/mol. The van der Waals surface area contributed by atoms with Crippen LogP contribution in [0.2, 0.25) is 0 Å². The molecule has 1 nitrogen and oxygen atoms in total. The molecule has 0 spiro atoms. The Morgan fingerprint density at radius 2 is 1.17 bits per heavy atom. The SMILES string of the molecule is Cc1c2c(nc3ccccc13)-c1c(ccc3c4ccccc4c4ccccc4c13)C2. The number of aromatic nitrogens is 1. The summed E-state index contributed by atoms with van der Waals surface area (Å²) in [5.41, 5.74) is 7.73. The third-order valence-corrected chi connectivity index (χ3v) is 6.88. The normalized spacial score (nSPS) is 12.7. The number of nitrogens with zero attached hydrogens (tertiary/aromatic N) is 1. The first-order chi connectivity index (χ1) is 14.8. The first-order valence-corrected chi connectivity index (χ1v) is 10.5. The molecule has 0 N–H and O–H groups in total. The van der Waals surface area contributed by atoms with E-state index in [0.717, 1.165) is 11.9 Å². The Balaban J connectivity index is 1.74. The predicted octanol–water partition coefficient (Wildman–Crippen LogP) is 7.57. The standard InChI is InChI=1S/C29H19N/c1-17-19-8-6-7-13-26(19)30-29-25(17)16-18-14-15-24-22-11-3-2-9-20(22)21-10-4-5-12-23(21)28(24)27(18)29/h2-15H,16H2,1H3. The molecular formula is C29H19N. The molecule has 1 aliphatic rings. The van der Waals surface area contributed by atoms with Crippen molar-refractivity contribution in [2.45, 2.75) is 13.3 Å². The van der Waals surface area contributed by atoms with Crippen LogP contribution in [0, 0.1) is 6.92 Å². The third kappa shape index (κ3) is 1.95. The van der Waals surface area contributed by atoms with Gasteiger partial charge in [-0.05, 0) is 62.0 Å². The molecule has 0 saturated carbocycles. The highest BCUT2D eigenvalue weighted by Gasteiger charge is 2.26. The van der Waals surface area contributed by atoms with E-state index >= 15 is 0 Å². The summed E-state index contributed by atoms with van der Waals surface area (Å²) in [4.78, 5) is 5.19. The number of hydrogen-bond donors (Lipinski definition) is 0. The van der Waals surface area contributed by atoms with Gasteiger partial charge in [-0.3, -0.25) is 0 Å². The molecule has 0 bridgehead atoms. The van der Waals surface area contributed by atoms with Gasteiger partial charge < -0.3 is 0 Å². The van der Waals surface area contributed by atoms with Crippen molar-refractivity contribution < 1.29 is 0 Å². The average Bonchev–Trinajstić information content (AvgIpc) is 3.18. The number of para-hydroxylation sites is 1. The van der Waals surface area contributed by atoms with Crippen LogP contribution in [0.4, 0.5) is 0 Å². The number of aryl methyl sites for hydroxylation is 1. The Labute approximate surface area is 174 Å². The van der Waals surface area contributed by atoms with Crippen molar-refractivity contribution in [1.82, 2.24) is 4.98 Å². The summed E-state index contributed by atoms with van der Waals surface area (Å²) in [6.45, 7) is 2.25. The van der Waals surface area contributed by atoms with Crippen LogP contribution >= 0.6 is 0 Å². The maximum absolute atomic E-state index is 5.19. The molecule has 0 atom stereocenters. The van der Waals surface area contributed by atoms with Crippen molar-refractivity contribution in [1.29, 1.82) is 0 Å². The molecule has 1 aromatic heterocycles. The molecular weight excluding hydrogens is 362 g/mol. The van der Waals surface area contributed by atoms with Gasteiger partial charge in [0.1, 0.15) is 0 Å². The summed E-state index contributed by atoms with van der Waals surface area (Å²) in [6, 6.07) is 30.8. The molecule has 1 heterocycles. The first-order valence-electron chi connectivity index (χ1n) is 10.5. The smallest absolute Gasteiger partial charge is 0.0757 e. The zero-order chi connectivity index (χ0) is 19.8. The van der Waals surface area contributed by atoms with Crippen LogP contribution in [0.5, 0.6) is 0 Å². The molecule has 0 unspecified atom stereocenters. The van der Waals surface area contributed by atoms with Crippen molar-refractivity contribution in [3.05, 3.63) is 102 Å². The van der Waals surface area contributed by atoms with Crippen LogP contribution in [0.25, 0.3) is 54.5 Å². The van der Waals surface area contributed by atoms with Crippen LogP contribution < -0.4 is 0 Å². The summed E-state index contributed by atoms with van der Waals surface area (Å²) in [5, 5.41) is 9.22. The second-order valence-electron chi connectivity index (χ2n) is 8.37. The zero-order valence-corrected chi connectivity index (χ0v) is 16.7. The second kappa shape index (κ2) is 5.67. The van der Waals surface area contributed by atoms with Gasteiger partial charge in [0.05, 0.1) is 11.2 Å². The van der Waals surface area contributed by atoms with Crippen molar-refractivity contribution >= 4 is 43.2 Å². The van der Waals surface area contributed by atoms with E-state index in [2.05, 4.69) is 91.9 Å².